The summed E-state index contributed by atoms with van der Waals surface area (Å²) in [5, 5.41) is 16.0. The first-order chi connectivity index (χ1) is 16.1. The number of methoxy groups -OCH3 is 1. The van der Waals surface area contributed by atoms with Gasteiger partial charge in [0.2, 0.25) is 5.82 Å². The van der Waals surface area contributed by atoms with Crippen molar-refractivity contribution in [1.82, 2.24) is 25.2 Å². The molecule has 0 amide bonds. The van der Waals surface area contributed by atoms with Crippen molar-refractivity contribution in [2.75, 3.05) is 12.8 Å². The number of nitrogens with two attached hydrogens (primary N) is 1. The quantitative estimate of drug-likeness (QED) is 0.384. The first-order valence-electron chi connectivity index (χ1n) is 10.4. The summed E-state index contributed by atoms with van der Waals surface area (Å²) in [6.45, 7) is 2.96. The van der Waals surface area contributed by atoms with E-state index in [1.807, 2.05) is 55.5 Å². The number of ether oxygens (including phenoxy) is 2. The lowest BCUT2D eigenvalue weighted by Crippen LogP contribution is -2.04. The SMILES string of the molecule is COc1ccc(Cn2nnc(-c3cccc(OCc4csc5c(C)cnc(N)c45)c3)n2)cc1. The zero-order valence-corrected chi connectivity index (χ0v) is 19.0. The Kier molecular flexibility index (Phi) is 5.62. The predicted molar refractivity (Wildman–Crippen MR) is 128 cm³/mol. The minimum atomic E-state index is 0.399. The summed E-state index contributed by atoms with van der Waals surface area (Å²) in [5.41, 5.74) is 10.2. The molecule has 2 aromatic carbocycles. The molecular formula is C24H22N6O2S. The number of benzene rings is 2. The molecule has 8 nitrogen and oxygen atoms in total. The maximum atomic E-state index is 6.12. The van der Waals surface area contributed by atoms with Gasteiger partial charge in [-0.25, -0.2) is 4.98 Å². The summed E-state index contributed by atoms with van der Waals surface area (Å²) in [4.78, 5) is 5.86. The molecule has 9 heteroatoms. The van der Waals surface area contributed by atoms with E-state index in [1.54, 1.807) is 29.4 Å². The fraction of sp³-hybridized carbons (Fsp3) is 0.167. The Hall–Kier alpha value is -3.98. The second kappa shape index (κ2) is 8.87. The van der Waals surface area contributed by atoms with Crippen LogP contribution in [0, 0.1) is 6.92 Å². The monoisotopic (exact) mass is 458 g/mol. The zero-order valence-electron chi connectivity index (χ0n) is 18.2. The number of aryl methyl sites for hydroxylation is 1. The van der Waals surface area contributed by atoms with Crippen molar-refractivity contribution in [3.05, 3.63) is 76.8 Å². The first kappa shape index (κ1) is 20.9. The van der Waals surface area contributed by atoms with Crippen molar-refractivity contribution in [2.45, 2.75) is 20.1 Å². The van der Waals surface area contributed by atoms with E-state index in [-0.39, 0.29) is 0 Å². The summed E-state index contributed by atoms with van der Waals surface area (Å²) in [6.07, 6.45) is 1.80. The number of hydrogen-bond donors (Lipinski definition) is 1. The van der Waals surface area contributed by atoms with E-state index in [2.05, 4.69) is 25.8 Å². The number of fused-ring (bicyclic) bond motifs is 1. The number of thiophene rings is 1. The summed E-state index contributed by atoms with van der Waals surface area (Å²) in [7, 11) is 1.65. The van der Waals surface area contributed by atoms with E-state index in [0.717, 1.165) is 43.8 Å². The number of nitrogens with zero attached hydrogens (tertiary/aromatic N) is 5. The molecule has 0 spiro atoms. The third-order valence-electron chi connectivity index (χ3n) is 5.30. The van der Waals surface area contributed by atoms with Gasteiger partial charge in [0, 0.05) is 27.4 Å². The summed E-state index contributed by atoms with van der Waals surface area (Å²) in [6, 6.07) is 15.5. The second-order valence-electron chi connectivity index (χ2n) is 7.60. The van der Waals surface area contributed by atoms with Crippen LogP contribution in [0.25, 0.3) is 21.5 Å². The molecular weight excluding hydrogens is 436 g/mol. The highest BCUT2D eigenvalue weighted by Crippen LogP contribution is 2.33. The van der Waals surface area contributed by atoms with E-state index >= 15 is 0 Å². The van der Waals surface area contributed by atoms with Gasteiger partial charge in [0.05, 0.1) is 13.7 Å². The molecule has 0 atom stereocenters. The van der Waals surface area contributed by atoms with Crippen molar-refractivity contribution in [2.24, 2.45) is 0 Å². The van der Waals surface area contributed by atoms with Crippen molar-refractivity contribution in [3.8, 4) is 22.9 Å². The van der Waals surface area contributed by atoms with Crippen LogP contribution in [0.1, 0.15) is 16.7 Å². The second-order valence-corrected chi connectivity index (χ2v) is 8.48. The fourth-order valence-electron chi connectivity index (χ4n) is 3.57. The van der Waals surface area contributed by atoms with E-state index in [1.165, 1.54) is 0 Å². The fourth-order valence-corrected chi connectivity index (χ4v) is 4.60. The van der Waals surface area contributed by atoms with Crippen molar-refractivity contribution < 1.29 is 9.47 Å². The lowest BCUT2D eigenvalue weighted by Gasteiger charge is -2.07. The molecule has 0 aliphatic carbocycles. The minimum absolute atomic E-state index is 0.399. The van der Waals surface area contributed by atoms with Crippen molar-refractivity contribution in [1.29, 1.82) is 0 Å². The number of hydrogen-bond acceptors (Lipinski definition) is 8. The number of anilines is 1. The molecule has 0 fully saturated rings. The van der Waals surface area contributed by atoms with Crippen LogP contribution in [0.2, 0.25) is 0 Å². The maximum Gasteiger partial charge on any atom is 0.205 e. The minimum Gasteiger partial charge on any atom is -0.497 e. The number of tetrazole rings is 1. The molecule has 0 saturated carbocycles. The Bertz CT molecular complexity index is 1410. The van der Waals surface area contributed by atoms with Crippen LogP contribution >= 0.6 is 11.3 Å². The van der Waals surface area contributed by atoms with Crippen molar-refractivity contribution in [3.63, 3.8) is 0 Å². The third kappa shape index (κ3) is 4.35. The molecule has 5 rings (SSSR count). The third-order valence-corrected chi connectivity index (χ3v) is 6.47. The molecule has 166 valence electrons. The molecule has 0 unspecified atom stereocenters. The molecule has 33 heavy (non-hydrogen) atoms. The number of pyridine rings is 1. The Morgan fingerprint density at radius 2 is 1.94 bits per heavy atom. The summed E-state index contributed by atoms with van der Waals surface area (Å²) >= 11 is 1.66. The summed E-state index contributed by atoms with van der Waals surface area (Å²) in [5.74, 6) is 2.60. The van der Waals surface area contributed by atoms with Gasteiger partial charge in [-0.1, -0.05) is 24.3 Å². The maximum absolute atomic E-state index is 6.12. The highest BCUT2D eigenvalue weighted by Gasteiger charge is 2.12. The number of rotatable bonds is 7. The number of nitrogen functional groups attached to an aromatic ring is 1. The molecule has 3 heterocycles. The first-order valence-corrected chi connectivity index (χ1v) is 11.2. The Morgan fingerprint density at radius 3 is 2.76 bits per heavy atom. The van der Waals surface area contributed by atoms with E-state index in [9.17, 15) is 0 Å². The Morgan fingerprint density at radius 1 is 1.09 bits per heavy atom. The van der Waals surface area contributed by atoms with Crippen LogP contribution in [0.15, 0.2) is 60.1 Å². The standard InChI is InChI=1S/C24H22N6O2S/c1-15-11-26-23(25)21-18(14-33-22(15)21)13-32-20-5-3-4-17(10-20)24-27-29-30(28-24)12-16-6-8-19(31-2)9-7-16/h3-11,14H,12-13H2,1-2H3,(H2,25,26). The van der Waals surface area contributed by atoms with Crippen molar-refractivity contribution >= 4 is 27.2 Å². The molecule has 2 N–H and O–H groups in total. The molecule has 0 aliphatic heterocycles. The molecule has 0 saturated heterocycles. The van der Waals surface area contributed by atoms with Gasteiger partial charge in [-0.05, 0) is 52.9 Å². The average molecular weight is 459 g/mol. The molecule has 0 bridgehead atoms. The number of aromatic nitrogens is 5. The molecule has 3 aromatic heterocycles. The van der Waals surface area contributed by atoms with Crippen LogP contribution in [0.5, 0.6) is 11.5 Å². The normalized spacial score (nSPS) is 11.1. The smallest absolute Gasteiger partial charge is 0.205 e. The van der Waals surface area contributed by atoms with Crippen LogP contribution in [0.3, 0.4) is 0 Å². The van der Waals surface area contributed by atoms with Gasteiger partial charge in [0.25, 0.3) is 0 Å². The molecule has 0 aliphatic rings. The van der Waals surface area contributed by atoms with E-state index in [0.29, 0.717) is 24.8 Å². The lowest BCUT2D eigenvalue weighted by molar-refractivity contribution is 0.308. The summed E-state index contributed by atoms with van der Waals surface area (Å²) < 4.78 is 12.4. The molecule has 0 radical (unpaired) electrons. The van der Waals surface area contributed by atoms with Crippen LogP contribution in [-0.2, 0) is 13.2 Å². The lowest BCUT2D eigenvalue weighted by atomic mass is 10.1. The van der Waals surface area contributed by atoms with Gasteiger partial charge < -0.3 is 15.2 Å². The van der Waals surface area contributed by atoms with E-state index < -0.39 is 0 Å². The largest absolute Gasteiger partial charge is 0.497 e. The van der Waals surface area contributed by atoms with Crippen LogP contribution in [0.4, 0.5) is 5.82 Å². The highest BCUT2D eigenvalue weighted by atomic mass is 32.1. The Labute approximate surface area is 194 Å². The topological polar surface area (TPSA) is 101 Å². The molecule has 5 aromatic rings. The Balaban J connectivity index is 1.30. The van der Waals surface area contributed by atoms with Gasteiger partial charge >= 0.3 is 0 Å². The van der Waals surface area contributed by atoms with Gasteiger partial charge in [-0.15, -0.1) is 21.5 Å². The van der Waals surface area contributed by atoms with Gasteiger partial charge in [0.1, 0.15) is 23.9 Å². The van der Waals surface area contributed by atoms with Crippen LogP contribution in [-0.4, -0.2) is 32.3 Å². The van der Waals surface area contributed by atoms with Gasteiger partial charge in [-0.3, -0.25) is 0 Å². The van der Waals surface area contributed by atoms with Gasteiger partial charge in [-0.2, -0.15) is 4.80 Å². The van der Waals surface area contributed by atoms with Gasteiger partial charge in [0.15, 0.2) is 0 Å². The van der Waals surface area contributed by atoms with E-state index in [4.69, 9.17) is 15.2 Å². The average Bonchev–Trinajstić information content (AvgIpc) is 3.49. The zero-order chi connectivity index (χ0) is 22.8. The highest BCUT2D eigenvalue weighted by molar-refractivity contribution is 7.17. The predicted octanol–water partition coefficient (Wildman–Crippen LogP) is 4.48. The van der Waals surface area contributed by atoms with Crippen LogP contribution < -0.4 is 15.2 Å².